The van der Waals surface area contributed by atoms with Crippen molar-refractivity contribution in [3.63, 3.8) is 0 Å². The van der Waals surface area contributed by atoms with Gasteiger partial charge in [0, 0.05) is 20.3 Å². The Morgan fingerprint density at radius 2 is 2.05 bits per heavy atom. The van der Waals surface area contributed by atoms with Crippen LogP contribution in [0.1, 0.15) is 10.5 Å². The summed E-state index contributed by atoms with van der Waals surface area (Å²) >= 11 is 0. The number of nitrogens with two attached hydrogens (primary N) is 1. The van der Waals surface area contributed by atoms with E-state index in [0.717, 1.165) is 11.0 Å². The molecule has 1 heterocycles. The number of primary sulfonamides is 1. The summed E-state index contributed by atoms with van der Waals surface area (Å²) in [6.45, 7) is -0.231. The van der Waals surface area contributed by atoms with Gasteiger partial charge < -0.3 is 14.2 Å². The summed E-state index contributed by atoms with van der Waals surface area (Å²) in [7, 11) is 0.249. The first kappa shape index (κ1) is 15.2. The van der Waals surface area contributed by atoms with Crippen molar-refractivity contribution in [2.45, 2.75) is 4.90 Å². The predicted molar refractivity (Wildman–Crippen MR) is 65.8 cm³/mol. The Morgan fingerprint density at radius 3 is 2.47 bits per heavy atom. The molecule has 8 nitrogen and oxygen atoms in total. The molecule has 1 rings (SSSR count). The third-order valence-electron chi connectivity index (χ3n) is 2.47. The Hall–Kier alpha value is -1.87. The molecule has 0 saturated carbocycles. The number of hydrogen-bond donors (Lipinski definition) is 1. The molecule has 1 amide bonds. The Balaban J connectivity index is 3.01. The van der Waals surface area contributed by atoms with E-state index in [1.165, 1.54) is 32.0 Å². The molecule has 0 radical (unpaired) electrons. The van der Waals surface area contributed by atoms with Crippen LogP contribution in [0.4, 0.5) is 0 Å². The van der Waals surface area contributed by atoms with Gasteiger partial charge in [-0.1, -0.05) is 0 Å². The molecular formula is C10H15N3O5S. The maximum Gasteiger partial charge on any atom is 0.325 e. The maximum absolute atomic E-state index is 12.0. The number of likely N-dealkylation sites (N-methyl/N-ethyl adjacent to an activating group) is 1. The summed E-state index contributed by atoms with van der Waals surface area (Å²) < 4.78 is 28.1. The average molecular weight is 289 g/mol. The molecule has 0 saturated heterocycles. The van der Waals surface area contributed by atoms with Gasteiger partial charge in [-0.3, -0.25) is 9.59 Å². The van der Waals surface area contributed by atoms with Gasteiger partial charge in [0.25, 0.3) is 5.91 Å². The summed E-state index contributed by atoms with van der Waals surface area (Å²) in [6.07, 6.45) is 1.23. The van der Waals surface area contributed by atoms with Crippen molar-refractivity contribution in [3.05, 3.63) is 18.0 Å². The van der Waals surface area contributed by atoms with Crippen molar-refractivity contribution >= 4 is 21.9 Å². The van der Waals surface area contributed by atoms with Crippen LogP contribution in [0.3, 0.4) is 0 Å². The number of nitrogens with zero attached hydrogens (tertiary/aromatic N) is 2. The highest BCUT2D eigenvalue weighted by atomic mass is 32.2. The normalized spacial score (nSPS) is 11.2. The highest BCUT2D eigenvalue weighted by Crippen LogP contribution is 2.13. The van der Waals surface area contributed by atoms with Crippen LogP contribution < -0.4 is 5.14 Å². The molecule has 0 aliphatic carbocycles. The van der Waals surface area contributed by atoms with Gasteiger partial charge in [-0.25, -0.2) is 13.6 Å². The van der Waals surface area contributed by atoms with Gasteiger partial charge in [0.1, 0.15) is 17.1 Å². The molecule has 0 fully saturated rings. The summed E-state index contributed by atoms with van der Waals surface area (Å²) in [4.78, 5) is 24.0. The SMILES string of the molecule is COC(=O)CN(C)C(=O)c1cc(S(N)(=O)=O)cn1C. The standard InChI is InChI=1S/C10H15N3O5S/c1-12-5-7(19(11,16)17)4-8(12)10(15)13(2)6-9(14)18-3/h4-5H,6H2,1-3H3,(H2,11,16,17). The number of aromatic nitrogens is 1. The number of esters is 1. The fraction of sp³-hybridized carbons (Fsp3) is 0.400. The second-order valence-electron chi connectivity index (χ2n) is 3.95. The second kappa shape index (κ2) is 5.41. The van der Waals surface area contributed by atoms with E-state index >= 15 is 0 Å². The molecule has 0 aliphatic rings. The van der Waals surface area contributed by atoms with Crippen molar-refractivity contribution in [1.82, 2.24) is 9.47 Å². The number of carbonyl (C=O) groups excluding carboxylic acids is 2. The van der Waals surface area contributed by atoms with E-state index in [1.54, 1.807) is 0 Å². The smallest absolute Gasteiger partial charge is 0.325 e. The molecule has 0 unspecified atom stereocenters. The summed E-state index contributed by atoms with van der Waals surface area (Å²) in [5.41, 5.74) is 0.107. The zero-order valence-corrected chi connectivity index (χ0v) is 11.6. The van der Waals surface area contributed by atoms with Gasteiger partial charge in [0.15, 0.2) is 0 Å². The Morgan fingerprint density at radius 1 is 1.47 bits per heavy atom. The molecule has 2 N–H and O–H groups in total. The molecule has 19 heavy (non-hydrogen) atoms. The van der Waals surface area contributed by atoms with Crippen LogP contribution in [0, 0.1) is 0 Å². The number of rotatable bonds is 4. The molecular weight excluding hydrogens is 274 g/mol. The van der Waals surface area contributed by atoms with Gasteiger partial charge >= 0.3 is 5.97 Å². The highest BCUT2D eigenvalue weighted by molar-refractivity contribution is 7.89. The van der Waals surface area contributed by atoms with E-state index in [-0.39, 0.29) is 17.1 Å². The van der Waals surface area contributed by atoms with Crippen LogP contribution in [0.2, 0.25) is 0 Å². The van der Waals surface area contributed by atoms with Gasteiger partial charge in [0.2, 0.25) is 10.0 Å². The van der Waals surface area contributed by atoms with Crippen LogP contribution in [0.15, 0.2) is 17.2 Å². The minimum atomic E-state index is -3.87. The summed E-state index contributed by atoms with van der Waals surface area (Å²) in [5.74, 6) is -1.08. The van der Waals surface area contributed by atoms with E-state index in [1.807, 2.05) is 0 Å². The van der Waals surface area contributed by atoms with E-state index in [9.17, 15) is 18.0 Å². The van der Waals surface area contributed by atoms with Gasteiger partial charge in [-0.2, -0.15) is 0 Å². The number of ether oxygens (including phenoxy) is 1. The van der Waals surface area contributed by atoms with E-state index in [4.69, 9.17) is 5.14 Å². The lowest BCUT2D eigenvalue weighted by molar-refractivity contribution is -0.141. The van der Waals surface area contributed by atoms with Crippen molar-refractivity contribution in [1.29, 1.82) is 0 Å². The Bertz CT molecular complexity index is 605. The first-order valence-corrected chi connectivity index (χ1v) is 6.73. The Labute approximate surface area is 110 Å². The van der Waals surface area contributed by atoms with E-state index in [0.29, 0.717) is 0 Å². The fourth-order valence-electron chi connectivity index (χ4n) is 1.43. The van der Waals surface area contributed by atoms with Crippen LogP contribution in [0.25, 0.3) is 0 Å². The maximum atomic E-state index is 12.0. The van der Waals surface area contributed by atoms with Crippen molar-refractivity contribution in [3.8, 4) is 0 Å². The number of methoxy groups -OCH3 is 1. The lowest BCUT2D eigenvalue weighted by Crippen LogP contribution is -2.33. The zero-order valence-electron chi connectivity index (χ0n) is 10.8. The monoisotopic (exact) mass is 289 g/mol. The molecule has 0 aliphatic heterocycles. The Kier molecular flexibility index (Phi) is 4.32. The first-order chi connectivity index (χ1) is 8.66. The average Bonchev–Trinajstić information content (AvgIpc) is 2.69. The number of aryl methyl sites for hydroxylation is 1. The van der Waals surface area contributed by atoms with Crippen molar-refractivity contribution in [2.24, 2.45) is 12.2 Å². The fourth-order valence-corrected chi connectivity index (χ4v) is 2.01. The molecule has 9 heteroatoms. The lowest BCUT2D eigenvalue weighted by atomic mass is 10.3. The number of sulfonamides is 1. The highest BCUT2D eigenvalue weighted by Gasteiger charge is 2.21. The summed E-state index contributed by atoms with van der Waals surface area (Å²) in [6, 6.07) is 1.16. The third kappa shape index (κ3) is 3.55. The number of carbonyl (C=O) groups is 2. The lowest BCUT2D eigenvalue weighted by Gasteiger charge is -2.15. The van der Waals surface area contributed by atoms with Crippen LogP contribution in [-0.4, -0.2) is 50.5 Å². The molecule has 0 aromatic carbocycles. The number of amides is 1. The van der Waals surface area contributed by atoms with Crippen molar-refractivity contribution < 1.29 is 22.7 Å². The minimum Gasteiger partial charge on any atom is -0.468 e. The quantitative estimate of drug-likeness (QED) is 0.708. The van der Waals surface area contributed by atoms with Crippen LogP contribution in [0.5, 0.6) is 0 Å². The predicted octanol–water partition coefficient (Wildman–Crippen LogP) is -1.08. The van der Waals surface area contributed by atoms with E-state index in [2.05, 4.69) is 4.74 Å². The largest absolute Gasteiger partial charge is 0.468 e. The zero-order chi connectivity index (χ0) is 14.8. The van der Waals surface area contributed by atoms with Gasteiger partial charge in [0.05, 0.1) is 7.11 Å². The first-order valence-electron chi connectivity index (χ1n) is 5.18. The molecule has 0 bridgehead atoms. The summed E-state index contributed by atoms with van der Waals surface area (Å²) in [5, 5.41) is 4.98. The molecule has 106 valence electrons. The number of hydrogen-bond acceptors (Lipinski definition) is 5. The minimum absolute atomic E-state index is 0.107. The van der Waals surface area contributed by atoms with Crippen molar-refractivity contribution in [2.75, 3.05) is 20.7 Å². The topological polar surface area (TPSA) is 112 Å². The molecule has 1 aromatic rings. The molecule has 0 atom stereocenters. The van der Waals surface area contributed by atoms with Crippen LogP contribution in [-0.2, 0) is 26.6 Å². The van der Waals surface area contributed by atoms with Gasteiger partial charge in [-0.15, -0.1) is 0 Å². The second-order valence-corrected chi connectivity index (χ2v) is 5.52. The van der Waals surface area contributed by atoms with Gasteiger partial charge in [-0.05, 0) is 6.07 Å². The van der Waals surface area contributed by atoms with Crippen LogP contribution >= 0.6 is 0 Å². The molecule has 0 spiro atoms. The molecule has 1 aromatic heterocycles. The van der Waals surface area contributed by atoms with E-state index < -0.39 is 21.9 Å². The third-order valence-corrected chi connectivity index (χ3v) is 3.35.